The molecule has 2 heterocycles. The Morgan fingerprint density at radius 1 is 1.19 bits per heavy atom. The summed E-state index contributed by atoms with van der Waals surface area (Å²) in [4.78, 5) is 46.6. The fraction of sp³-hybridized carbons (Fsp3) is 0.538. The molecule has 2 aromatic rings. The summed E-state index contributed by atoms with van der Waals surface area (Å²) in [7, 11) is 0. The maximum atomic E-state index is 13.8. The van der Waals surface area contributed by atoms with E-state index in [1.165, 1.54) is 12.5 Å². The summed E-state index contributed by atoms with van der Waals surface area (Å²) in [6.45, 7) is 7.71. The molecule has 3 amide bonds. The van der Waals surface area contributed by atoms with Crippen LogP contribution in [0.3, 0.4) is 0 Å². The predicted molar refractivity (Wildman–Crippen MR) is 131 cm³/mol. The van der Waals surface area contributed by atoms with Crippen LogP contribution >= 0.6 is 0 Å². The van der Waals surface area contributed by atoms with Gasteiger partial charge in [0.25, 0.3) is 11.8 Å². The van der Waals surface area contributed by atoms with Crippen molar-refractivity contribution >= 4 is 17.9 Å². The molecule has 3 rings (SSSR count). The van der Waals surface area contributed by atoms with Gasteiger partial charge >= 0.3 is 6.09 Å². The van der Waals surface area contributed by atoms with Crippen LogP contribution in [0, 0.1) is 11.8 Å². The molecular weight excluding hydrogens is 464 g/mol. The van der Waals surface area contributed by atoms with E-state index in [0.717, 1.165) is 5.56 Å². The fourth-order valence-electron chi connectivity index (χ4n) is 4.52. The van der Waals surface area contributed by atoms with Crippen LogP contribution in [0.4, 0.5) is 4.79 Å². The smallest absolute Gasteiger partial charge is 0.423 e. The van der Waals surface area contributed by atoms with Crippen molar-refractivity contribution in [3.05, 3.63) is 54.2 Å². The van der Waals surface area contributed by atoms with Crippen molar-refractivity contribution in [1.82, 2.24) is 14.8 Å². The lowest BCUT2D eigenvalue weighted by molar-refractivity contribution is -0.148. The van der Waals surface area contributed by atoms with Crippen molar-refractivity contribution in [3.8, 4) is 0 Å². The molecule has 1 saturated heterocycles. The maximum Gasteiger partial charge on any atom is 0.423 e. The first-order chi connectivity index (χ1) is 17.1. The van der Waals surface area contributed by atoms with E-state index in [9.17, 15) is 19.5 Å². The van der Waals surface area contributed by atoms with Gasteiger partial charge in [-0.05, 0) is 36.8 Å². The Morgan fingerprint density at radius 2 is 1.89 bits per heavy atom. The number of amides is 3. The molecule has 10 heteroatoms. The highest BCUT2D eigenvalue weighted by atomic mass is 16.6. The fourth-order valence-corrected chi connectivity index (χ4v) is 4.52. The summed E-state index contributed by atoms with van der Waals surface area (Å²) < 4.78 is 10.7. The number of hydrogen-bond acceptors (Lipinski definition) is 9. The van der Waals surface area contributed by atoms with E-state index >= 15 is 0 Å². The molecule has 10 nitrogen and oxygen atoms in total. The van der Waals surface area contributed by atoms with Crippen LogP contribution in [0.5, 0.6) is 0 Å². The Hall–Kier alpha value is -3.08. The van der Waals surface area contributed by atoms with Crippen molar-refractivity contribution in [2.75, 3.05) is 6.54 Å². The highest BCUT2D eigenvalue weighted by Crippen LogP contribution is 2.33. The molecule has 0 spiro atoms. The molecule has 0 radical (unpaired) electrons. The number of benzene rings is 1. The summed E-state index contributed by atoms with van der Waals surface area (Å²) >= 11 is 0. The van der Waals surface area contributed by atoms with Crippen molar-refractivity contribution in [2.24, 2.45) is 17.6 Å². The Morgan fingerprint density at radius 3 is 2.47 bits per heavy atom. The molecule has 3 N–H and O–H groups in total. The van der Waals surface area contributed by atoms with Crippen LogP contribution in [0.25, 0.3) is 0 Å². The van der Waals surface area contributed by atoms with E-state index in [1.807, 2.05) is 24.8 Å². The van der Waals surface area contributed by atoms with Gasteiger partial charge in [0, 0.05) is 6.04 Å². The Bertz CT molecular complexity index is 1010. The van der Waals surface area contributed by atoms with Crippen LogP contribution in [0.2, 0.25) is 0 Å². The number of oxazole rings is 1. The standard InChI is InChI=1S/C26H36N4O6/c1-16(2)20(27)25(33)30(26(34)36-15-18-9-6-5-7-10-18)24(32)19-11-8-13-29(19)21(17(3)4)22(31)23-28-12-14-35-23/h5-7,9-10,12,14,16-17,19-22,31H,8,11,13,15,27H2,1-4H3/t19-,20-,21-,22?/m0/s1. The van der Waals surface area contributed by atoms with E-state index in [-0.39, 0.29) is 24.3 Å². The molecule has 1 aliphatic rings. The van der Waals surface area contributed by atoms with Gasteiger partial charge < -0.3 is 20.0 Å². The van der Waals surface area contributed by atoms with Gasteiger partial charge in [0.2, 0.25) is 5.89 Å². The molecule has 0 aliphatic carbocycles. The van der Waals surface area contributed by atoms with Gasteiger partial charge in [-0.2, -0.15) is 4.90 Å². The van der Waals surface area contributed by atoms with Crippen LogP contribution in [0.15, 0.2) is 47.2 Å². The second-order valence-corrected chi connectivity index (χ2v) is 9.77. The van der Waals surface area contributed by atoms with Gasteiger partial charge in [-0.25, -0.2) is 9.78 Å². The van der Waals surface area contributed by atoms with Crippen molar-refractivity contribution < 1.29 is 28.6 Å². The number of likely N-dealkylation sites (tertiary alicyclic amines) is 1. The van der Waals surface area contributed by atoms with Crippen LogP contribution in [-0.2, 0) is 20.9 Å². The molecule has 4 atom stereocenters. The minimum Gasteiger partial charge on any atom is -0.446 e. The normalized spacial score (nSPS) is 18.7. The highest BCUT2D eigenvalue weighted by molar-refractivity contribution is 6.11. The zero-order valence-electron chi connectivity index (χ0n) is 21.2. The number of rotatable bonds is 9. The first-order valence-corrected chi connectivity index (χ1v) is 12.3. The summed E-state index contributed by atoms with van der Waals surface area (Å²) in [6.07, 6.45) is 1.71. The molecule has 1 aromatic heterocycles. The molecule has 0 saturated carbocycles. The number of hydrogen-bond donors (Lipinski definition) is 2. The van der Waals surface area contributed by atoms with Crippen LogP contribution in [-0.4, -0.2) is 62.5 Å². The molecular formula is C26H36N4O6. The average Bonchev–Trinajstić information content (AvgIpc) is 3.55. The number of imide groups is 3. The second-order valence-electron chi connectivity index (χ2n) is 9.77. The number of ether oxygens (including phenoxy) is 1. The Balaban J connectivity index is 1.87. The number of carbonyl (C=O) groups is 3. The molecule has 1 aliphatic heterocycles. The SMILES string of the molecule is CC(C)[C@@H](C(O)c1ncco1)N1CCC[C@H]1C(=O)N(C(=O)OCc1ccccc1)C(=O)[C@@H](N)C(C)C. The van der Waals surface area contributed by atoms with E-state index in [2.05, 4.69) is 4.98 Å². The molecule has 196 valence electrons. The van der Waals surface area contributed by atoms with Crippen molar-refractivity contribution in [2.45, 2.75) is 71.4 Å². The third-order valence-corrected chi connectivity index (χ3v) is 6.51. The third-order valence-electron chi connectivity index (χ3n) is 6.51. The number of aromatic nitrogens is 1. The zero-order valence-corrected chi connectivity index (χ0v) is 21.2. The van der Waals surface area contributed by atoms with Gasteiger partial charge in [0.15, 0.2) is 0 Å². The zero-order chi connectivity index (χ0) is 26.4. The van der Waals surface area contributed by atoms with E-state index in [0.29, 0.717) is 24.3 Å². The Kier molecular flexibility index (Phi) is 9.36. The first-order valence-electron chi connectivity index (χ1n) is 12.3. The lowest BCUT2D eigenvalue weighted by Gasteiger charge is -2.38. The number of nitrogens with zero attached hydrogens (tertiary/aromatic N) is 3. The largest absolute Gasteiger partial charge is 0.446 e. The molecule has 36 heavy (non-hydrogen) atoms. The van der Waals surface area contributed by atoms with Gasteiger partial charge in [-0.3, -0.25) is 14.5 Å². The topological polar surface area (TPSA) is 139 Å². The van der Waals surface area contributed by atoms with Crippen molar-refractivity contribution in [3.63, 3.8) is 0 Å². The lowest BCUT2D eigenvalue weighted by atomic mass is 9.95. The van der Waals surface area contributed by atoms with Gasteiger partial charge in [-0.1, -0.05) is 58.0 Å². The minimum atomic E-state index is -1.10. The van der Waals surface area contributed by atoms with Crippen molar-refractivity contribution in [1.29, 1.82) is 0 Å². The number of nitrogens with two attached hydrogens (primary N) is 1. The molecule has 1 aromatic carbocycles. The van der Waals surface area contributed by atoms with Crippen LogP contribution in [0.1, 0.15) is 58.1 Å². The second kappa shape index (κ2) is 12.2. The first kappa shape index (κ1) is 27.5. The van der Waals surface area contributed by atoms with E-state index in [4.69, 9.17) is 14.9 Å². The van der Waals surface area contributed by atoms with Crippen LogP contribution < -0.4 is 5.73 Å². The van der Waals surface area contributed by atoms with Gasteiger partial charge in [0.1, 0.15) is 19.0 Å². The third kappa shape index (κ3) is 6.18. The molecule has 1 fully saturated rings. The number of carbonyl (C=O) groups excluding carboxylic acids is 3. The van der Waals surface area contributed by atoms with Gasteiger partial charge in [-0.15, -0.1) is 0 Å². The van der Waals surface area contributed by atoms with E-state index < -0.39 is 42.1 Å². The van der Waals surface area contributed by atoms with Gasteiger partial charge in [0.05, 0.1) is 18.3 Å². The summed E-state index contributed by atoms with van der Waals surface area (Å²) in [6, 6.07) is 6.56. The lowest BCUT2D eigenvalue weighted by Crippen LogP contribution is -2.58. The minimum absolute atomic E-state index is 0.0904. The number of aliphatic hydroxyl groups excluding tert-OH is 1. The average molecular weight is 501 g/mol. The van der Waals surface area contributed by atoms with E-state index in [1.54, 1.807) is 38.1 Å². The summed E-state index contributed by atoms with van der Waals surface area (Å²) in [5.41, 5.74) is 6.79. The number of aliphatic hydroxyl groups is 1. The monoisotopic (exact) mass is 500 g/mol. The quantitative estimate of drug-likeness (QED) is 0.532. The Labute approximate surface area is 211 Å². The predicted octanol–water partition coefficient (Wildman–Crippen LogP) is 2.87. The summed E-state index contributed by atoms with van der Waals surface area (Å²) in [5.74, 6) is -1.77. The molecule has 0 bridgehead atoms. The molecule has 1 unspecified atom stereocenters. The highest BCUT2D eigenvalue weighted by Gasteiger charge is 2.46. The maximum absolute atomic E-state index is 13.8. The summed E-state index contributed by atoms with van der Waals surface area (Å²) in [5, 5.41) is 11.0.